The van der Waals surface area contributed by atoms with Crippen molar-refractivity contribution >= 4 is 46.9 Å². The van der Waals surface area contributed by atoms with E-state index in [9.17, 15) is 4.79 Å². The molecule has 142 valence electrons. The van der Waals surface area contributed by atoms with Crippen LogP contribution in [-0.2, 0) is 6.61 Å². The molecule has 0 atom stereocenters. The lowest BCUT2D eigenvalue weighted by Crippen LogP contribution is -2.18. The van der Waals surface area contributed by atoms with Crippen molar-refractivity contribution in [3.05, 3.63) is 98.5 Å². The standard InChI is InChI=1S/C21H15Cl3N2O2/c22-16-3-1-2-15(10-16)13-28-18-7-4-14(5-8-18)12-25-26-21(27)19-9-6-17(23)11-20(19)24/h1-12H,13H2,(H,26,27). The van der Waals surface area contributed by atoms with E-state index in [1.165, 1.54) is 12.3 Å². The molecule has 4 nitrogen and oxygen atoms in total. The normalized spacial score (nSPS) is 10.8. The third-order valence-electron chi connectivity index (χ3n) is 3.73. The maximum atomic E-state index is 12.1. The Hall–Kier alpha value is -2.53. The van der Waals surface area contributed by atoms with Crippen molar-refractivity contribution in [2.24, 2.45) is 5.10 Å². The number of hydrogen-bond acceptors (Lipinski definition) is 3. The van der Waals surface area contributed by atoms with Crippen LogP contribution in [0.2, 0.25) is 15.1 Å². The zero-order chi connectivity index (χ0) is 19.9. The quantitative estimate of drug-likeness (QED) is 0.383. The second-order valence-electron chi connectivity index (χ2n) is 5.81. The lowest BCUT2D eigenvalue weighted by Gasteiger charge is -2.07. The van der Waals surface area contributed by atoms with Gasteiger partial charge in [0.05, 0.1) is 16.8 Å². The van der Waals surface area contributed by atoms with Gasteiger partial charge < -0.3 is 4.74 Å². The van der Waals surface area contributed by atoms with E-state index in [1.807, 2.05) is 48.5 Å². The van der Waals surface area contributed by atoms with Gasteiger partial charge in [0, 0.05) is 10.0 Å². The summed E-state index contributed by atoms with van der Waals surface area (Å²) in [4.78, 5) is 12.1. The molecule has 0 aliphatic carbocycles. The van der Waals surface area contributed by atoms with Crippen molar-refractivity contribution in [2.75, 3.05) is 0 Å². The molecule has 3 aromatic carbocycles. The van der Waals surface area contributed by atoms with Gasteiger partial charge in [-0.15, -0.1) is 0 Å². The van der Waals surface area contributed by atoms with Gasteiger partial charge >= 0.3 is 0 Å². The number of hydrogen-bond donors (Lipinski definition) is 1. The molecular formula is C21H15Cl3N2O2. The smallest absolute Gasteiger partial charge is 0.272 e. The van der Waals surface area contributed by atoms with Gasteiger partial charge in [-0.1, -0.05) is 46.9 Å². The van der Waals surface area contributed by atoms with Crippen LogP contribution in [0.1, 0.15) is 21.5 Å². The van der Waals surface area contributed by atoms with Gasteiger partial charge in [-0.25, -0.2) is 5.43 Å². The average molecular weight is 434 g/mol. The Labute approximate surface area is 177 Å². The van der Waals surface area contributed by atoms with Crippen molar-refractivity contribution in [1.29, 1.82) is 0 Å². The van der Waals surface area contributed by atoms with Crippen LogP contribution >= 0.6 is 34.8 Å². The molecule has 0 bridgehead atoms. The molecule has 28 heavy (non-hydrogen) atoms. The largest absolute Gasteiger partial charge is 0.489 e. The van der Waals surface area contributed by atoms with Gasteiger partial charge in [0.15, 0.2) is 0 Å². The second kappa shape index (κ2) is 9.60. The summed E-state index contributed by atoms with van der Waals surface area (Å²) in [5.41, 5.74) is 4.52. The molecule has 0 unspecified atom stereocenters. The van der Waals surface area contributed by atoms with Gasteiger partial charge in [0.25, 0.3) is 5.91 Å². The van der Waals surface area contributed by atoms with Crippen LogP contribution in [0.4, 0.5) is 0 Å². The molecule has 0 aliphatic rings. The predicted octanol–water partition coefficient (Wildman–Crippen LogP) is 5.99. The Kier molecular flexibility index (Phi) is 6.93. The first-order valence-electron chi connectivity index (χ1n) is 8.27. The lowest BCUT2D eigenvalue weighted by molar-refractivity contribution is 0.0955. The van der Waals surface area contributed by atoms with Gasteiger partial charge in [-0.2, -0.15) is 5.10 Å². The summed E-state index contributed by atoms with van der Waals surface area (Å²) in [5, 5.41) is 5.34. The number of carbonyl (C=O) groups is 1. The Morgan fingerprint density at radius 1 is 0.964 bits per heavy atom. The number of rotatable bonds is 6. The van der Waals surface area contributed by atoms with Crippen molar-refractivity contribution in [3.8, 4) is 5.75 Å². The number of ether oxygens (including phenoxy) is 1. The van der Waals surface area contributed by atoms with Gasteiger partial charge in [-0.05, 0) is 65.7 Å². The number of nitrogens with zero attached hydrogens (tertiary/aromatic N) is 1. The summed E-state index contributed by atoms with van der Waals surface area (Å²) in [6.07, 6.45) is 1.53. The minimum absolute atomic E-state index is 0.265. The molecule has 0 saturated heterocycles. The molecule has 0 radical (unpaired) electrons. The minimum Gasteiger partial charge on any atom is -0.489 e. The second-order valence-corrected chi connectivity index (χ2v) is 7.09. The molecule has 0 aromatic heterocycles. The van der Waals surface area contributed by atoms with Crippen LogP contribution in [0.3, 0.4) is 0 Å². The predicted molar refractivity (Wildman–Crippen MR) is 114 cm³/mol. The number of hydrazone groups is 1. The summed E-state index contributed by atoms with van der Waals surface area (Å²) >= 11 is 17.8. The van der Waals surface area contributed by atoms with Gasteiger partial charge in [0.2, 0.25) is 0 Å². The zero-order valence-corrected chi connectivity index (χ0v) is 16.8. The Balaban J connectivity index is 1.54. The fraction of sp³-hybridized carbons (Fsp3) is 0.0476. The van der Waals surface area contributed by atoms with Gasteiger partial charge in [0.1, 0.15) is 12.4 Å². The highest BCUT2D eigenvalue weighted by atomic mass is 35.5. The van der Waals surface area contributed by atoms with Crippen molar-refractivity contribution < 1.29 is 9.53 Å². The van der Waals surface area contributed by atoms with Crippen LogP contribution in [0.15, 0.2) is 71.8 Å². The van der Waals surface area contributed by atoms with E-state index in [0.29, 0.717) is 28.0 Å². The first-order valence-corrected chi connectivity index (χ1v) is 9.40. The fourth-order valence-corrected chi connectivity index (χ4v) is 3.05. The summed E-state index contributed by atoms with van der Waals surface area (Å²) < 4.78 is 5.73. The van der Waals surface area contributed by atoms with Crippen molar-refractivity contribution in [2.45, 2.75) is 6.61 Å². The van der Waals surface area contributed by atoms with E-state index >= 15 is 0 Å². The van der Waals surface area contributed by atoms with Crippen LogP contribution in [0, 0.1) is 0 Å². The molecule has 0 fully saturated rings. The van der Waals surface area contributed by atoms with E-state index < -0.39 is 5.91 Å². The van der Waals surface area contributed by atoms with Crippen LogP contribution in [-0.4, -0.2) is 12.1 Å². The Morgan fingerprint density at radius 3 is 2.43 bits per heavy atom. The summed E-state index contributed by atoms with van der Waals surface area (Å²) in [7, 11) is 0. The molecule has 3 rings (SSSR count). The Bertz CT molecular complexity index is 1000. The third kappa shape index (κ3) is 5.73. The van der Waals surface area contributed by atoms with E-state index in [2.05, 4.69) is 10.5 Å². The van der Waals surface area contributed by atoms with Crippen LogP contribution < -0.4 is 10.2 Å². The van der Waals surface area contributed by atoms with E-state index in [0.717, 1.165) is 11.1 Å². The maximum absolute atomic E-state index is 12.1. The van der Waals surface area contributed by atoms with Crippen molar-refractivity contribution in [1.82, 2.24) is 5.43 Å². The molecule has 0 saturated carbocycles. The highest BCUT2D eigenvalue weighted by Gasteiger charge is 2.09. The average Bonchev–Trinajstić information content (AvgIpc) is 2.67. The monoisotopic (exact) mass is 432 g/mol. The molecule has 7 heteroatoms. The number of amides is 1. The molecule has 1 amide bonds. The molecular weight excluding hydrogens is 419 g/mol. The SMILES string of the molecule is O=C(NN=Cc1ccc(OCc2cccc(Cl)c2)cc1)c1ccc(Cl)cc1Cl. The van der Waals surface area contributed by atoms with E-state index in [-0.39, 0.29) is 5.02 Å². The molecule has 1 N–H and O–H groups in total. The summed E-state index contributed by atoms with van der Waals surface area (Å²) in [5.74, 6) is 0.300. The van der Waals surface area contributed by atoms with E-state index in [4.69, 9.17) is 39.5 Å². The molecule has 0 heterocycles. The lowest BCUT2D eigenvalue weighted by atomic mass is 10.2. The number of halogens is 3. The van der Waals surface area contributed by atoms with E-state index in [1.54, 1.807) is 12.1 Å². The highest BCUT2D eigenvalue weighted by molar-refractivity contribution is 6.36. The first-order chi connectivity index (χ1) is 13.5. The molecule has 3 aromatic rings. The molecule has 0 aliphatic heterocycles. The maximum Gasteiger partial charge on any atom is 0.272 e. The molecule has 0 spiro atoms. The highest BCUT2D eigenvalue weighted by Crippen LogP contribution is 2.21. The third-order valence-corrected chi connectivity index (χ3v) is 4.51. The summed E-state index contributed by atoms with van der Waals surface area (Å²) in [6.45, 7) is 0.423. The topological polar surface area (TPSA) is 50.7 Å². The Morgan fingerprint density at radius 2 is 1.71 bits per heavy atom. The zero-order valence-electron chi connectivity index (χ0n) is 14.5. The number of benzene rings is 3. The minimum atomic E-state index is -0.417. The van der Waals surface area contributed by atoms with Crippen molar-refractivity contribution in [3.63, 3.8) is 0 Å². The van der Waals surface area contributed by atoms with Crippen LogP contribution in [0.25, 0.3) is 0 Å². The first kappa shape index (κ1) is 20.2. The van der Waals surface area contributed by atoms with Gasteiger partial charge in [-0.3, -0.25) is 4.79 Å². The number of nitrogens with one attached hydrogen (secondary N) is 1. The number of carbonyl (C=O) groups excluding carboxylic acids is 1. The fourth-order valence-electron chi connectivity index (χ4n) is 2.34. The van der Waals surface area contributed by atoms with Crippen LogP contribution in [0.5, 0.6) is 5.75 Å². The summed E-state index contributed by atoms with van der Waals surface area (Å²) in [6, 6.07) is 19.5.